The monoisotopic (exact) mass is 516 g/mol. The van der Waals surface area contributed by atoms with Gasteiger partial charge in [-0.05, 0) is 35.9 Å². The number of hydrogen-bond donors (Lipinski definition) is 2. The average Bonchev–Trinajstić information content (AvgIpc) is 3.52. The summed E-state index contributed by atoms with van der Waals surface area (Å²) in [7, 11) is 0. The molecule has 162 valence electrons. The van der Waals surface area contributed by atoms with Crippen LogP contribution in [0.2, 0.25) is 0 Å². The minimum absolute atomic E-state index is 0.0940. The van der Waals surface area contributed by atoms with E-state index < -0.39 is 0 Å². The van der Waals surface area contributed by atoms with Gasteiger partial charge in [0.25, 0.3) is 5.56 Å². The Balaban J connectivity index is 1.22. The fourth-order valence-electron chi connectivity index (χ4n) is 3.18. The van der Waals surface area contributed by atoms with Crippen molar-refractivity contribution in [3.8, 4) is 10.4 Å². The van der Waals surface area contributed by atoms with E-state index in [0.717, 1.165) is 35.5 Å². The van der Waals surface area contributed by atoms with Gasteiger partial charge in [0, 0.05) is 21.5 Å². The van der Waals surface area contributed by atoms with Crippen LogP contribution in [0.5, 0.6) is 0 Å². The maximum atomic E-state index is 12.7. The van der Waals surface area contributed by atoms with Crippen LogP contribution in [-0.2, 0) is 10.5 Å². The summed E-state index contributed by atoms with van der Waals surface area (Å²) in [6, 6.07) is 9.71. The number of fused-ring (bicyclic) bond motifs is 2. The Bertz CT molecular complexity index is 1470. The van der Waals surface area contributed by atoms with Crippen molar-refractivity contribution in [3.63, 3.8) is 0 Å². The van der Waals surface area contributed by atoms with Crippen molar-refractivity contribution in [1.29, 1.82) is 0 Å². The van der Waals surface area contributed by atoms with Gasteiger partial charge in [0.1, 0.15) is 10.7 Å². The molecule has 0 radical (unpaired) electrons. The highest BCUT2D eigenvalue weighted by Crippen LogP contribution is 2.33. The quantitative estimate of drug-likeness (QED) is 0.261. The lowest BCUT2D eigenvalue weighted by Crippen LogP contribution is -2.15. The zero-order valence-corrected chi connectivity index (χ0v) is 20.8. The molecule has 0 unspecified atom stereocenters. The van der Waals surface area contributed by atoms with Crippen molar-refractivity contribution < 1.29 is 4.79 Å². The first kappa shape index (κ1) is 21.7. The first-order valence-corrected chi connectivity index (χ1v) is 14.4. The van der Waals surface area contributed by atoms with Gasteiger partial charge in [0.05, 0.1) is 27.1 Å². The van der Waals surface area contributed by atoms with E-state index in [0.29, 0.717) is 17.0 Å². The molecule has 32 heavy (non-hydrogen) atoms. The van der Waals surface area contributed by atoms with Crippen molar-refractivity contribution >= 4 is 89.6 Å². The SMILES string of the molecule is CSc1nc2ccc(NC(=O)CSCc3nc4scc(-c5cccs5)c4c(=O)[nH]3)cc2s1. The van der Waals surface area contributed by atoms with Crippen LogP contribution in [0, 0.1) is 0 Å². The van der Waals surface area contributed by atoms with Gasteiger partial charge in [-0.15, -0.1) is 45.8 Å². The summed E-state index contributed by atoms with van der Waals surface area (Å²) in [6.07, 6.45) is 2.00. The molecule has 6 nitrogen and oxygen atoms in total. The van der Waals surface area contributed by atoms with E-state index in [1.165, 1.54) is 23.1 Å². The molecule has 0 aliphatic heterocycles. The fraction of sp³-hybridized carbons (Fsp3) is 0.143. The summed E-state index contributed by atoms with van der Waals surface area (Å²) >= 11 is 7.71. The molecule has 5 aromatic rings. The number of benzene rings is 1. The van der Waals surface area contributed by atoms with Crippen LogP contribution in [0.15, 0.2) is 50.2 Å². The van der Waals surface area contributed by atoms with Crippen LogP contribution in [-0.4, -0.2) is 32.9 Å². The molecule has 1 aromatic carbocycles. The van der Waals surface area contributed by atoms with Gasteiger partial charge in [-0.1, -0.05) is 17.8 Å². The number of H-pyrrole nitrogens is 1. The second-order valence-corrected chi connectivity index (χ2v) is 11.6. The molecular formula is C21H16N4O2S5. The molecule has 0 aliphatic carbocycles. The summed E-state index contributed by atoms with van der Waals surface area (Å²) in [5, 5.41) is 7.53. The fourth-order valence-corrected chi connectivity index (χ4v) is 7.18. The molecule has 0 fully saturated rings. The van der Waals surface area contributed by atoms with E-state index in [4.69, 9.17) is 0 Å². The third-order valence-corrected chi connectivity index (χ3v) is 9.30. The Morgan fingerprint density at radius 3 is 2.94 bits per heavy atom. The van der Waals surface area contributed by atoms with Crippen LogP contribution < -0.4 is 10.9 Å². The minimum atomic E-state index is -0.137. The third-order valence-electron chi connectivity index (χ3n) is 4.58. The lowest BCUT2D eigenvalue weighted by atomic mass is 10.2. The Morgan fingerprint density at radius 2 is 2.12 bits per heavy atom. The highest BCUT2D eigenvalue weighted by Gasteiger charge is 2.14. The highest BCUT2D eigenvalue weighted by atomic mass is 32.2. The van der Waals surface area contributed by atoms with E-state index in [1.807, 2.05) is 47.3 Å². The van der Waals surface area contributed by atoms with E-state index in [1.54, 1.807) is 34.4 Å². The molecule has 4 aromatic heterocycles. The predicted octanol–water partition coefficient (Wildman–Crippen LogP) is 5.92. The second-order valence-electron chi connectivity index (χ2n) is 6.73. The molecule has 11 heteroatoms. The number of anilines is 1. The van der Waals surface area contributed by atoms with Crippen molar-refractivity contribution in [2.24, 2.45) is 0 Å². The summed E-state index contributed by atoms with van der Waals surface area (Å²) in [5.74, 6) is 1.21. The lowest BCUT2D eigenvalue weighted by Gasteiger charge is -2.05. The molecule has 0 bridgehead atoms. The first-order valence-electron chi connectivity index (χ1n) is 9.47. The van der Waals surface area contributed by atoms with Crippen LogP contribution in [0.4, 0.5) is 5.69 Å². The predicted molar refractivity (Wildman–Crippen MR) is 140 cm³/mol. The average molecular weight is 517 g/mol. The van der Waals surface area contributed by atoms with Gasteiger partial charge in [0.15, 0.2) is 4.34 Å². The highest BCUT2D eigenvalue weighted by molar-refractivity contribution is 8.00. The number of thiazole rings is 1. The molecule has 5 rings (SSSR count). The molecule has 1 amide bonds. The van der Waals surface area contributed by atoms with Crippen molar-refractivity contribution in [1.82, 2.24) is 15.0 Å². The lowest BCUT2D eigenvalue weighted by molar-refractivity contribution is -0.113. The van der Waals surface area contributed by atoms with Crippen LogP contribution in [0.3, 0.4) is 0 Å². The molecule has 0 saturated heterocycles. The number of aromatic amines is 1. The standard InChI is InChI=1S/C21H16N4O2S5/c1-28-21-23-13-5-4-11(7-15(13)32-21)22-17(26)10-29-9-16-24-19(27)18-12(8-31-20(18)25-16)14-3-2-6-30-14/h2-8H,9-10H2,1H3,(H,22,26)(H,24,25,27). The largest absolute Gasteiger partial charge is 0.325 e. The van der Waals surface area contributed by atoms with Crippen molar-refractivity contribution in [3.05, 3.63) is 57.3 Å². The second kappa shape index (κ2) is 9.36. The van der Waals surface area contributed by atoms with Gasteiger partial charge < -0.3 is 10.3 Å². The van der Waals surface area contributed by atoms with E-state index >= 15 is 0 Å². The number of thioether (sulfide) groups is 2. The van der Waals surface area contributed by atoms with Crippen LogP contribution >= 0.6 is 57.5 Å². The van der Waals surface area contributed by atoms with Gasteiger partial charge in [-0.25, -0.2) is 9.97 Å². The van der Waals surface area contributed by atoms with Gasteiger partial charge in [0.2, 0.25) is 5.91 Å². The van der Waals surface area contributed by atoms with Gasteiger partial charge in [-0.3, -0.25) is 9.59 Å². The van der Waals surface area contributed by atoms with Gasteiger partial charge >= 0.3 is 0 Å². The maximum absolute atomic E-state index is 12.7. The topological polar surface area (TPSA) is 87.7 Å². The minimum Gasteiger partial charge on any atom is -0.325 e. The molecular weight excluding hydrogens is 501 g/mol. The van der Waals surface area contributed by atoms with Crippen LogP contribution in [0.25, 0.3) is 30.9 Å². The molecule has 0 aliphatic rings. The van der Waals surface area contributed by atoms with E-state index in [-0.39, 0.29) is 17.2 Å². The number of nitrogens with one attached hydrogen (secondary N) is 2. The number of aromatic nitrogens is 3. The Kier molecular flexibility index (Phi) is 6.33. The van der Waals surface area contributed by atoms with Crippen molar-refractivity contribution in [2.45, 2.75) is 10.1 Å². The number of nitrogens with zero attached hydrogens (tertiary/aromatic N) is 2. The Labute approximate surface area is 203 Å². The third kappa shape index (κ3) is 4.48. The van der Waals surface area contributed by atoms with Crippen LogP contribution in [0.1, 0.15) is 5.82 Å². The summed E-state index contributed by atoms with van der Waals surface area (Å²) in [5.41, 5.74) is 2.48. The molecule has 0 spiro atoms. The number of amides is 1. The zero-order valence-electron chi connectivity index (χ0n) is 16.7. The van der Waals surface area contributed by atoms with E-state index in [2.05, 4.69) is 20.3 Å². The number of carbonyl (C=O) groups excluding carboxylic acids is 1. The normalized spacial score (nSPS) is 11.4. The molecule has 0 saturated carbocycles. The summed E-state index contributed by atoms with van der Waals surface area (Å²) < 4.78 is 2.05. The Hall–Kier alpha value is -2.18. The van der Waals surface area contributed by atoms with Gasteiger partial charge in [-0.2, -0.15) is 0 Å². The molecule has 2 N–H and O–H groups in total. The Morgan fingerprint density at radius 1 is 1.22 bits per heavy atom. The smallest absolute Gasteiger partial charge is 0.260 e. The summed E-state index contributed by atoms with van der Waals surface area (Å²) in [6.45, 7) is 0. The number of carbonyl (C=O) groups is 1. The number of rotatable bonds is 7. The number of thiophene rings is 2. The number of hydrogen-bond acceptors (Lipinski definition) is 9. The molecule has 4 heterocycles. The van der Waals surface area contributed by atoms with E-state index in [9.17, 15) is 9.59 Å². The summed E-state index contributed by atoms with van der Waals surface area (Å²) in [4.78, 5) is 38.8. The maximum Gasteiger partial charge on any atom is 0.260 e. The zero-order chi connectivity index (χ0) is 22.1. The molecule has 0 atom stereocenters. The first-order chi connectivity index (χ1) is 15.6. The van der Waals surface area contributed by atoms with Crippen molar-refractivity contribution in [2.75, 3.05) is 17.3 Å².